The average molecular weight is 223 g/mol. The fourth-order valence-electron chi connectivity index (χ4n) is 2.34. The zero-order valence-corrected chi connectivity index (χ0v) is 9.98. The molecule has 0 saturated carbocycles. The lowest BCUT2D eigenvalue weighted by molar-refractivity contribution is 0.100. The number of piperidine rings is 1. The first kappa shape index (κ1) is 11.6. The quantitative estimate of drug-likeness (QED) is 0.771. The van der Waals surface area contributed by atoms with Crippen molar-refractivity contribution in [1.82, 2.24) is 15.1 Å². The molecule has 4 heteroatoms. The highest BCUT2D eigenvalue weighted by Gasteiger charge is 2.21. The van der Waals surface area contributed by atoms with Gasteiger partial charge in [-0.15, -0.1) is 0 Å². The summed E-state index contributed by atoms with van der Waals surface area (Å²) in [4.78, 5) is 2.49. The van der Waals surface area contributed by atoms with Gasteiger partial charge in [-0.05, 0) is 32.4 Å². The predicted molar refractivity (Wildman–Crippen MR) is 63.5 cm³/mol. The van der Waals surface area contributed by atoms with Crippen LogP contribution in [0.1, 0.15) is 31.4 Å². The van der Waals surface area contributed by atoms with Crippen LogP contribution in [0, 0.1) is 0 Å². The normalized spacial score (nSPS) is 22.4. The minimum atomic E-state index is 0.623. The molecule has 1 saturated heterocycles. The standard InChI is InChI=1S/C12H21N3O/c1-2-16-9-8-15-7-3-4-11(10-15)12-5-6-13-14-12/h5-6,11H,2-4,7-10H2,1H3,(H,13,14)/t11-/m0/s1. The van der Waals surface area contributed by atoms with E-state index in [2.05, 4.69) is 21.2 Å². The van der Waals surface area contributed by atoms with Crippen LogP contribution in [0.5, 0.6) is 0 Å². The molecule has 90 valence electrons. The number of aromatic amines is 1. The number of aromatic nitrogens is 2. The Morgan fingerprint density at radius 3 is 3.31 bits per heavy atom. The van der Waals surface area contributed by atoms with Gasteiger partial charge in [0, 0.05) is 37.5 Å². The monoisotopic (exact) mass is 223 g/mol. The molecule has 4 nitrogen and oxygen atoms in total. The van der Waals surface area contributed by atoms with Crippen LogP contribution >= 0.6 is 0 Å². The van der Waals surface area contributed by atoms with Crippen molar-refractivity contribution in [3.63, 3.8) is 0 Å². The molecular formula is C12H21N3O. The van der Waals surface area contributed by atoms with Gasteiger partial charge in [-0.3, -0.25) is 5.10 Å². The van der Waals surface area contributed by atoms with Gasteiger partial charge in [0.15, 0.2) is 0 Å². The second-order valence-electron chi connectivity index (χ2n) is 4.35. The zero-order valence-electron chi connectivity index (χ0n) is 9.98. The summed E-state index contributed by atoms with van der Waals surface area (Å²) in [6.45, 7) is 7.11. The SMILES string of the molecule is CCOCCN1CCC[C@H](c2ccn[nH]2)C1. The first-order valence-corrected chi connectivity index (χ1v) is 6.19. The third-order valence-corrected chi connectivity index (χ3v) is 3.22. The van der Waals surface area contributed by atoms with Gasteiger partial charge < -0.3 is 9.64 Å². The maximum Gasteiger partial charge on any atom is 0.0593 e. The Morgan fingerprint density at radius 2 is 2.56 bits per heavy atom. The fraction of sp³-hybridized carbons (Fsp3) is 0.750. The minimum Gasteiger partial charge on any atom is -0.380 e. The second kappa shape index (κ2) is 6.01. The van der Waals surface area contributed by atoms with Gasteiger partial charge in [-0.25, -0.2) is 0 Å². The van der Waals surface area contributed by atoms with Crippen LogP contribution in [0.15, 0.2) is 12.3 Å². The Labute approximate surface area is 97.0 Å². The molecule has 1 aliphatic heterocycles. The van der Waals surface area contributed by atoms with Crippen LogP contribution in [-0.2, 0) is 4.74 Å². The molecule has 16 heavy (non-hydrogen) atoms. The molecule has 0 bridgehead atoms. The van der Waals surface area contributed by atoms with Crippen molar-refractivity contribution in [3.8, 4) is 0 Å². The minimum absolute atomic E-state index is 0.623. The molecule has 1 N–H and O–H groups in total. The van der Waals surface area contributed by atoms with Crippen LogP contribution in [0.25, 0.3) is 0 Å². The Kier molecular flexibility index (Phi) is 4.36. The third-order valence-electron chi connectivity index (χ3n) is 3.22. The molecule has 1 fully saturated rings. The van der Waals surface area contributed by atoms with Crippen LogP contribution in [0.4, 0.5) is 0 Å². The van der Waals surface area contributed by atoms with E-state index in [0.29, 0.717) is 5.92 Å². The number of rotatable bonds is 5. The van der Waals surface area contributed by atoms with Gasteiger partial charge in [0.2, 0.25) is 0 Å². The number of ether oxygens (including phenoxy) is 1. The number of H-pyrrole nitrogens is 1. The summed E-state index contributed by atoms with van der Waals surface area (Å²) in [5.74, 6) is 0.623. The van der Waals surface area contributed by atoms with E-state index < -0.39 is 0 Å². The van der Waals surface area contributed by atoms with Crippen molar-refractivity contribution in [2.75, 3.05) is 32.8 Å². The predicted octanol–water partition coefficient (Wildman–Crippen LogP) is 1.63. The lowest BCUT2D eigenvalue weighted by atomic mass is 9.95. The van der Waals surface area contributed by atoms with Gasteiger partial charge >= 0.3 is 0 Å². The van der Waals surface area contributed by atoms with Crippen molar-refractivity contribution in [2.45, 2.75) is 25.7 Å². The summed E-state index contributed by atoms with van der Waals surface area (Å²) in [7, 11) is 0. The highest BCUT2D eigenvalue weighted by molar-refractivity contribution is 5.07. The van der Waals surface area contributed by atoms with Crippen molar-refractivity contribution in [1.29, 1.82) is 0 Å². The highest BCUT2D eigenvalue weighted by atomic mass is 16.5. The number of nitrogens with zero attached hydrogens (tertiary/aromatic N) is 2. The summed E-state index contributed by atoms with van der Waals surface area (Å²) in [6.07, 6.45) is 4.39. The number of hydrogen-bond acceptors (Lipinski definition) is 3. The van der Waals surface area contributed by atoms with Crippen molar-refractivity contribution in [2.24, 2.45) is 0 Å². The summed E-state index contributed by atoms with van der Waals surface area (Å²) < 4.78 is 5.40. The Bertz CT molecular complexity index is 286. The Balaban J connectivity index is 1.80. The number of nitrogens with one attached hydrogen (secondary N) is 1. The first-order valence-electron chi connectivity index (χ1n) is 6.19. The summed E-state index contributed by atoms with van der Waals surface area (Å²) >= 11 is 0. The van der Waals surface area contributed by atoms with Gasteiger partial charge in [0.25, 0.3) is 0 Å². The van der Waals surface area contributed by atoms with E-state index in [1.165, 1.54) is 25.1 Å². The molecule has 0 amide bonds. The molecular weight excluding hydrogens is 202 g/mol. The highest BCUT2D eigenvalue weighted by Crippen LogP contribution is 2.24. The molecule has 2 rings (SSSR count). The lowest BCUT2D eigenvalue weighted by Crippen LogP contribution is -2.36. The van der Waals surface area contributed by atoms with E-state index in [-0.39, 0.29) is 0 Å². The smallest absolute Gasteiger partial charge is 0.0593 e. The molecule has 0 aliphatic carbocycles. The van der Waals surface area contributed by atoms with Crippen molar-refractivity contribution in [3.05, 3.63) is 18.0 Å². The first-order chi connectivity index (χ1) is 7.90. The van der Waals surface area contributed by atoms with E-state index in [9.17, 15) is 0 Å². The largest absolute Gasteiger partial charge is 0.380 e. The van der Waals surface area contributed by atoms with E-state index in [4.69, 9.17) is 4.74 Å². The molecule has 0 radical (unpaired) electrons. The van der Waals surface area contributed by atoms with E-state index in [1.807, 2.05) is 13.1 Å². The van der Waals surface area contributed by atoms with Gasteiger partial charge in [0.05, 0.1) is 6.61 Å². The fourth-order valence-corrected chi connectivity index (χ4v) is 2.34. The molecule has 0 spiro atoms. The molecule has 0 unspecified atom stereocenters. The van der Waals surface area contributed by atoms with Crippen molar-refractivity contribution >= 4 is 0 Å². The topological polar surface area (TPSA) is 41.1 Å². The molecule has 0 aromatic carbocycles. The number of likely N-dealkylation sites (tertiary alicyclic amines) is 1. The summed E-state index contributed by atoms with van der Waals surface area (Å²) in [5.41, 5.74) is 1.28. The second-order valence-corrected chi connectivity index (χ2v) is 4.35. The van der Waals surface area contributed by atoms with E-state index in [0.717, 1.165) is 26.3 Å². The average Bonchev–Trinajstić information content (AvgIpc) is 2.83. The van der Waals surface area contributed by atoms with Crippen LogP contribution in [-0.4, -0.2) is 47.9 Å². The summed E-state index contributed by atoms with van der Waals surface area (Å²) in [6, 6.07) is 2.09. The van der Waals surface area contributed by atoms with Crippen LogP contribution < -0.4 is 0 Å². The van der Waals surface area contributed by atoms with Gasteiger partial charge in [0.1, 0.15) is 0 Å². The molecule has 1 aliphatic rings. The molecule has 1 aromatic rings. The molecule has 2 heterocycles. The maximum atomic E-state index is 5.40. The van der Waals surface area contributed by atoms with E-state index >= 15 is 0 Å². The van der Waals surface area contributed by atoms with Gasteiger partial charge in [-0.1, -0.05) is 0 Å². The molecule has 1 aromatic heterocycles. The Morgan fingerprint density at radius 1 is 1.62 bits per heavy atom. The van der Waals surface area contributed by atoms with Crippen molar-refractivity contribution < 1.29 is 4.74 Å². The molecule has 1 atom stereocenters. The Hall–Kier alpha value is -0.870. The van der Waals surface area contributed by atoms with Crippen LogP contribution in [0.2, 0.25) is 0 Å². The zero-order chi connectivity index (χ0) is 11.2. The lowest BCUT2D eigenvalue weighted by Gasteiger charge is -2.31. The maximum absolute atomic E-state index is 5.40. The number of hydrogen-bond donors (Lipinski definition) is 1. The third kappa shape index (κ3) is 3.06. The van der Waals surface area contributed by atoms with Crippen LogP contribution in [0.3, 0.4) is 0 Å². The van der Waals surface area contributed by atoms with Gasteiger partial charge in [-0.2, -0.15) is 5.10 Å². The summed E-state index contributed by atoms with van der Waals surface area (Å²) in [5, 5.41) is 7.12. The van der Waals surface area contributed by atoms with E-state index in [1.54, 1.807) is 0 Å².